The van der Waals surface area contributed by atoms with Crippen LogP contribution in [0, 0.1) is 6.92 Å². The summed E-state index contributed by atoms with van der Waals surface area (Å²) in [7, 11) is -3.29. The number of nitrogens with one attached hydrogen (secondary N) is 2. The summed E-state index contributed by atoms with van der Waals surface area (Å²) in [6.45, 7) is 3.18. The molecule has 29 heavy (non-hydrogen) atoms. The van der Waals surface area contributed by atoms with Crippen LogP contribution < -0.4 is 4.72 Å². The number of hydrogen-bond acceptors (Lipinski definition) is 6. The lowest BCUT2D eigenvalue weighted by Gasteiger charge is -2.22. The van der Waals surface area contributed by atoms with Crippen molar-refractivity contribution in [1.82, 2.24) is 29.8 Å². The quantitative estimate of drug-likeness (QED) is 0.642. The fourth-order valence-electron chi connectivity index (χ4n) is 3.69. The van der Waals surface area contributed by atoms with Crippen molar-refractivity contribution in [3.8, 4) is 11.4 Å². The number of aromatic amines is 1. The molecule has 4 rings (SSSR count). The normalized spacial score (nSPS) is 20.2. The van der Waals surface area contributed by atoms with Crippen LogP contribution in [0.15, 0.2) is 48.7 Å². The first-order valence-electron chi connectivity index (χ1n) is 9.48. The lowest BCUT2D eigenvalue weighted by molar-refractivity contribution is 0.236. The maximum Gasteiger partial charge on any atom is 0.208 e. The van der Waals surface area contributed by atoms with Crippen LogP contribution in [0.25, 0.3) is 11.4 Å². The number of nitrogens with zero attached hydrogens (tertiary/aromatic N) is 4. The maximum atomic E-state index is 11.7. The summed E-state index contributed by atoms with van der Waals surface area (Å²) in [5.74, 6) is 1.36. The fraction of sp³-hybridized carbons (Fsp3) is 0.350. The smallest absolute Gasteiger partial charge is 0.208 e. The van der Waals surface area contributed by atoms with Gasteiger partial charge in [-0.05, 0) is 25.0 Å². The maximum absolute atomic E-state index is 11.7. The Morgan fingerprint density at radius 1 is 1.21 bits per heavy atom. The molecule has 9 heteroatoms. The van der Waals surface area contributed by atoms with E-state index in [-0.39, 0.29) is 12.1 Å². The van der Waals surface area contributed by atoms with Crippen LogP contribution >= 0.6 is 0 Å². The minimum Gasteiger partial charge on any atom is -0.286 e. The van der Waals surface area contributed by atoms with Crippen molar-refractivity contribution >= 4 is 10.0 Å². The van der Waals surface area contributed by atoms with Crippen molar-refractivity contribution < 1.29 is 8.42 Å². The van der Waals surface area contributed by atoms with Crippen molar-refractivity contribution in [1.29, 1.82) is 0 Å². The van der Waals surface area contributed by atoms with Gasteiger partial charge >= 0.3 is 0 Å². The molecule has 3 heterocycles. The van der Waals surface area contributed by atoms with E-state index in [2.05, 4.69) is 24.8 Å². The summed E-state index contributed by atoms with van der Waals surface area (Å²) in [5.41, 5.74) is 2.97. The number of aryl methyl sites for hydroxylation is 1. The highest BCUT2D eigenvalue weighted by Gasteiger charge is 2.36. The van der Waals surface area contributed by atoms with Gasteiger partial charge in [-0.25, -0.2) is 18.1 Å². The minimum absolute atomic E-state index is 0.0812. The number of pyridine rings is 1. The van der Waals surface area contributed by atoms with Crippen LogP contribution in [0.5, 0.6) is 0 Å². The van der Waals surface area contributed by atoms with Crippen LogP contribution in [0.2, 0.25) is 0 Å². The molecule has 1 aromatic carbocycles. The number of aromatic nitrogens is 4. The molecular weight excluding hydrogens is 388 g/mol. The number of hydrogen-bond donors (Lipinski definition) is 2. The van der Waals surface area contributed by atoms with E-state index < -0.39 is 10.0 Å². The Labute approximate surface area is 170 Å². The Morgan fingerprint density at radius 3 is 2.69 bits per heavy atom. The molecule has 0 spiro atoms. The summed E-state index contributed by atoms with van der Waals surface area (Å²) in [5, 5.41) is 7.42. The summed E-state index contributed by atoms with van der Waals surface area (Å²) in [6.07, 6.45) is 3.64. The standard InChI is InChI=1S/C20H24N6O2S/c1-14-8-9-16(21-11-14)12-26-13-17(25-29(2,27)28)10-18(26)20-22-19(23-24-20)15-6-4-3-5-7-15/h3-9,11,17-18,25H,10,12-13H2,1-2H3,(H,22,23,24)/t17-,18-/m0/s1. The molecular formula is C20H24N6O2S. The van der Waals surface area contributed by atoms with Gasteiger partial charge in [0.1, 0.15) is 5.82 Å². The molecule has 152 valence electrons. The third kappa shape index (κ3) is 4.87. The molecule has 2 N–H and O–H groups in total. The highest BCUT2D eigenvalue weighted by Crippen LogP contribution is 2.32. The van der Waals surface area contributed by atoms with E-state index in [4.69, 9.17) is 4.98 Å². The molecule has 0 aliphatic carbocycles. The van der Waals surface area contributed by atoms with Crippen LogP contribution in [-0.2, 0) is 16.6 Å². The van der Waals surface area contributed by atoms with Gasteiger partial charge < -0.3 is 0 Å². The van der Waals surface area contributed by atoms with Crippen LogP contribution in [0.1, 0.15) is 29.5 Å². The topological polar surface area (TPSA) is 104 Å². The molecule has 1 saturated heterocycles. The van der Waals surface area contributed by atoms with Crippen molar-refractivity contribution in [2.45, 2.75) is 32.0 Å². The molecule has 0 saturated carbocycles. The molecule has 8 nitrogen and oxygen atoms in total. The molecule has 1 fully saturated rings. The highest BCUT2D eigenvalue weighted by atomic mass is 32.2. The second-order valence-electron chi connectivity index (χ2n) is 7.51. The number of likely N-dealkylation sites (tertiary alicyclic amines) is 1. The van der Waals surface area contributed by atoms with Gasteiger partial charge in [0.15, 0.2) is 5.82 Å². The van der Waals surface area contributed by atoms with E-state index in [1.165, 1.54) is 6.26 Å². The van der Waals surface area contributed by atoms with Crippen LogP contribution in [0.4, 0.5) is 0 Å². The van der Waals surface area contributed by atoms with Gasteiger partial charge in [-0.1, -0.05) is 36.4 Å². The molecule has 0 bridgehead atoms. The zero-order valence-corrected chi connectivity index (χ0v) is 17.2. The first-order valence-corrected chi connectivity index (χ1v) is 11.4. The van der Waals surface area contributed by atoms with E-state index in [1.54, 1.807) is 0 Å². The van der Waals surface area contributed by atoms with Gasteiger partial charge in [0.25, 0.3) is 0 Å². The molecule has 0 radical (unpaired) electrons. The van der Waals surface area contributed by atoms with Gasteiger partial charge in [-0.3, -0.25) is 15.0 Å². The predicted octanol–water partition coefficient (Wildman–Crippen LogP) is 2.04. The predicted molar refractivity (Wildman–Crippen MR) is 110 cm³/mol. The number of rotatable bonds is 6. The van der Waals surface area contributed by atoms with Crippen LogP contribution in [-0.4, -0.2) is 52.3 Å². The lowest BCUT2D eigenvalue weighted by Crippen LogP contribution is -2.36. The van der Waals surface area contributed by atoms with Crippen molar-refractivity contribution in [2.75, 3.05) is 12.8 Å². The average Bonchev–Trinajstić information content (AvgIpc) is 3.30. The van der Waals surface area contributed by atoms with E-state index in [0.717, 1.165) is 22.6 Å². The zero-order chi connectivity index (χ0) is 20.4. The van der Waals surface area contributed by atoms with Gasteiger partial charge in [0.05, 0.1) is 18.0 Å². The Kier molecular flexibility index (Phi) is 5.44. The summed E-state index contributed by atoms with van der Waals surface area (Å²) in [6, 6.07) is 13.5. The third-order valence-corrected chi connectivity index (χ3v) is 5.73. The SMILES string of the molecule is Cc1ccc(CN2C[C@@H](NS(C)(=O)=O)C[C@H]2c2nc(-c3ccccc3)n[nH]2)nc1. The number of sulfonamides is 1. The molecule has 2 atom stereocenters. The van der Waals surface area contributed by atoms with E-state index >= 15 is 0 Å². The Bertz CT molecular complexity index is 1070. The zero-order valence-electron chi connectivity index (χ0n) is 16.4. The highest BCUT2D eigenvalue weighted by molar-refractivity contribution is 7.88. The Morgan fingerprint density at radius 2 is 2.00 bits per heavy atom. The first kappa shape index (κ1) is 19.7. The molecule has 3 aromatic rings. The molecule has 2 aromatic heterocycles. The van der Waals surface area contributed by atoms with Crippen molar-refractivity contribution in [3.63, 3.8) is 0 Å². The molecule has 1 aliphatic heterocycles. The van der Waals surface area contributed by atoms with Gasteiger partial charge in [-0.2, -0.15) is 5.10 Å². The third-order valence-electron chi connectivity index (χ3n) is 4.97. The van der Waals surface area contributed by atoms with Crippen molar-refractivity contribution in [2.24, 2.45) is 0 Å². The Balaban J connectivity index is 1.59. The monoisotopic (exact) mass is 412 g/mol. The van der Waals surface area contributed by atoms with Crippen LogP contribution in [0.3, 0.4) is 0 Å². The molecule has 0 unspecified atom stereocenters. The largest absolute Gasteiger partial charge is 0.286 e. The minimum atomic E-state index is -3.29. The van der Waals surface area contributed by atoms with Crippen molar-refractivity contribution in [3.05, 3.63) is 65.7 Å². The Hall–Kier alpha value is -2.62. The van der Waals surface area contributed by atoms with Gasteiger partial charge in [-0.15, -0.1) is 0 Å². The van der Waals surface area contributed by atoms with E-state index in [0.29, 0.717) is 25.3 Å². The van der Waals surface area contributed by atoms with Gasteiger partial charge in [0, 0.05) is 30.9 Å². The van der Waals surface area contributed by atoms with Gasteiger partial charge in [0.2, 0.25) is 10.0 Å². The van der Waals surface area contributed by atoms with E-state index in [1.807, 2.05) is 55.6 Å². The summed E-state index contributed by atoms with van der Waals surface area (Å²) in [4.78, 5) is 11.4. The second-order valence-corrected chi connectivity index (χ2v) is 9.29. The first-order chi connectivity index (χ1) is 13.9. The number of H-pyrrole nitrogens is 1. The summed E-state index contributed by atoms with van der Waals surface area (Å²) < 4.78 is 26.2. The average molecular weight is 413 g/mol. The van der Waals surface area contributed by atoms with E-state index in [9.17, 15) is 8.42 Å². The lowest BCUT2D eigenvalue weighted by atomic mass is 10.1. The molecule has 0 amide bonds. The summed E-state index contributed by atoms with van der Waals surface area (Å²) >= 11 is 0. The fourth-order valence-corrected chi connectivity index (χ4v) is 4.47. The molecule has 1 aliphatic rings. The second kappa shape index (κ2) is 8.02. The number of benzene rings is 1.